The average Bonchev–Trinajstić information content (AvgIpc) is 2.11. The second-order valence-electron chi connectivity index (χ2n) is 5.21. The Morgan fingerprint density at radius 3 is 2.65 bits per heavy atom. The molecule has 1 saturated heterocycles. The lowest BCUT2D eigenvalue weighted by molar-refractivity contribution is 0.0455. The number of rotatable bonds is 4. The molecule has 1 aromatic rings. The van der Waals surface area contributed by atoms with Crippen molar-refractivity contribution < 1.29 is 4.74 Å². The Labute approximate surface area is 115 Å². The predicted molar refractivity (Wildman–Crippen MR) is 76.6 cm³/mol. The van der Waals surface area contributed by atoms with Crippen LogP contribution in [0.4, 0.5) is 0 Å². The van der Waals surface area contributed by atoms with Crippen LogP contribution in [-0.4, -0.2) is 24.0 Å². The third kappa shape index (κ3) is 3.98. The first kappa shape index (κ1) is 13.4. The van der Waals surface area contributed by atoms with E-state index < -0.39 is 0 Å². The zero-order valence-electron chi connectivity index (χ0n) is 10.2. The normalized spacial score (nSPS) is 16.9. The molecule has 2 nitrogen and oxygen atoms in total. The van der Waals surface area contributed by atoms with Gasteiger partial charge in [0.25, 0.3) is 0 Å². The molecule has 0 saturated carbocycles. The summed E-state index contributed by atoms with van der Waals surface area (Å²) in [6, 6.07) is 6.52. The number of ether oxygens (including phenoxy) is 1. The van der Waals surface area contributed by atoms with Gasteiger partial charge in [-0.2, -0.15) is 0 Å². The van der Waals surface area contributed by atoms with Gasteiger partial charge >= 0.3 is 0 Å². The van der Waals surface area contributed by atoms with Crippen molar-refractivity contribution in [1.82, 2.24) is 0 Å². The molecule has 2 rings (SSSR count). The molecule has 1 aliphatic rings. The first-order valence-corrected chi connectivity index (χ1v) is 7.43. The highest BCUT2D eigenvalue weighted by Crippen LogP contribution is 2.34. The molecule has 0 unspecified atom stereocenters. The molecule has 4 heteroatoms. The highest BCUT2D eigenvalue weighted by atomic mass is 79.9. The maximum absolute atomic E-state index is 6.03. The summed E-state index contributed by atoms with van der Waals surface area (Å²) in [5.74, 6) is 0. The van der Waals surface area contributed by atoms with Gasteiger partial charge in [0.1, 0.15) is 0 Å². The van der Waals surface area contributed by atoms with E-state index in [0.29, 0.717) is 5.25 Å². The topological polar surface area (TPSA) is 35.2 Å². The lowest BCUT2D eigenvalue weighted by Gasteiger charge is -2.26. The van der Waals surface area contributed by atoms with Crippen LogP contribution in [0, 0.1) is 0 Å². The minimum Gasteiger partial charge on any atom is -0.379 e. The van der Waals surface area contributed by atoms with Gasteiger partial charge in [-0.25, -0.2) is 0 Å². The maximum atomic E-state index is 6.03. The van der Waals surface area contributed by atoms with Gasteiger partial charge in [-0.15, -0.1) is 11.8 Å². The van der Waals surface area contributed by atoms with Crippen LogP contribution in [0.1, 0.15) is 19.4 Å². The summed E-state index contributed by atoms with van der Waals surface area (Å²) in [4.78, 5) is 1.29. The lowest BCUT2D eigenvalue weighted by Crippen LogP contribution is -2.34. The van der Waals surface area contributed by atoms with E-state index in [4.69, 9.17) is 10.5 Å². The quantitative estimate of drug-likeness (QED) is 0.926. The largest absolute Gasteiger partial charge is 0.379 e. The molecule has 0 bridgehead atoms. The van der Waals surface area contributed by atoms with E-state index in [0.717, 1.165) is 24.1 Å². The van der Waals surface area contributed by atoms with Crippen molar-refractivity contribution in [2.75, 3.05) is 13.2 Å². The molecule has 1 aromatic carbocycles. The van der Waals surface area contributed by atoms with Crippen LogP contribution in [0.2, 0.25) is 0 Å². The number of halogens is 1. The second kappa shape index (κ2) is 5.31. The lowest BCUT2D eigenvalue weighted by atomic mass is 9.96. The van der Waals surface area contributed by atoms with Gasteiger partial charge in [0.05, 0.1) is 18.5 Å². The molecule has 0 amide bonds. The van der Waals surface area contributed by atoms with Gasteiger partial charge in [0.15, 0.2) is 0 Å². The van der Waals surface area contributed by atoms with Gasteiger partial charge in [-0.3, -0.25) is 0 Å². The average molecular weight is 316 g/mol. The van der Waals surface area contributed by atoms with Crippen LogP contribution in [0.25, 0.3) is 0 Å². The van der Waals surface area contributed by atoms with Gasteiger partial charge in [0, 0.05) is 14.9 Å². The third-order valence-electron chi connectivity index (χ3n) is 2.56. The van der Waals surface area contributed by atoms with Crippen LogP contribution < -0.4 is 5.73 Å². The first-order valence-electron chi connectivity index (χ1n) is 5.76. The van der Waals surface area contributed by atoms with Crippen molar-refractivity contribution in [3.8, 4) is 0 Å². The molecule has 0 spiro atoms. The number of thioether (sulfide) groups is 1. The Hall–Kier alpha value is -0.0300. The van der Waals surface area contributed by atoms with Crippen molar-refractivity contribution in [2.24, 2.45) is 5.73 Å². The van der Waals surface area contributed by atoms with Crippen molar-refractivity contribution in [3.05, 3.63) is 28.2 Å². The highest BCUT2D eigenvalue weighted by Gasteiger charge is 2.21. The van der Waals surface area contributed by atoms with Crippen molar-refractivity contribution in [2.45, 2.75) is 36.0 Å². The summed E-state index contributed by atoms with van der Waals surface area (Å²) in [7, 11) is 0. The zero-order valence-corrected chi connectivity index (χ0v) is 12.6. The van der Waals surface area contributed by atoms with E-state index in [1.165, 1.54) is 10.5 Å². The molecule has 1 aliphatic heterocycles. The van der Waals surface area contributed by atoms with E-state index >= 15 is 0 Å². The summed E-state index contributed by atoms with van der Waals surface area (Å²) >= 11 is 5.51. The number of benzene rings is 1. The van der Waals surface area contributed by atoms with Crippen LogP contribution in [0.5, 0.6) is 0 Å². The Morgan fingerprint density at radius 2 is 2.18 bits per heavy atom. The zero-order chi connectivity index (χ0) is 12.5. The summed E-state index contributed by atoms with van der Waals surface area (Å²) in [6.45, 7) is 5.84. The molecule has 94 valence electrons. The Morgan fingerprint density at radius 1 is 1.47 bits per heavy atom. The maximum Gasteiger partial charge on any atom is 0.0611 e. The van der Waals surface area contributed by atoms with Gasteiger partial charge in [-0.1, -0.05) is 6.07 Å². The van der Waals surface area contributed by atoms with E-state index in [-0.39, 0.29) is 5.54 Å². The van der Waals surface area contributed by atoms with E-state index in [1.807, 2.05) is 11.8 Å². The molecular weight excluding hydrogens is 298 g/mol. The van der Waals surface area contributed by atoms with Gasteiger partial charge in [-0.05, 0) is 53.9 Å². The fourth-order valence-corrected chi connectivity index (χ4v) is 3.45. The number of hydrogen-bond acceptors (Lipinski definition) is 3. The van der Waals surface area contributed by atoms with Crippen LogP contribution in [0.3, 0.4) is 0 Å². The third-order valence-corrected chi connectivity index (χ3v) is 4.69. The smallest absolute Gasteiger partial charge is 0.0611 e. The summed E-state index contributed by atoms with van der Waals surface area (Å²) in [5, 5.41) is 0.614. The highest BCUT2D eigenvalue weighted by molar-refractivity contribution is 9.10. The summed E-state index contributed by atoms with van der Waals surface area (Å²) in [5.41, 5.74) is 7.15. The van der Waals surface area contributed by atoms with Crippen molar-refractivity contribution in [1.29, 1.82) is 0 Å². The van der Waals surface area contributed by atoms with E-state index in [1.54, 1.807) is 0 Å². The Kier molecular flexibility index (Phi) is 4.18. The molecule has 17 heavy (non-hydrogen) atoms. The van der Waals surface area contributed by atoms with Gasteiger partial charge < -0.3 is 10.5 Å². The number of hydrogen-bond donors (Lipinski definition) is 1. The SMILES string of the molecule is CC(C)(N)Cc1ccc(SC2COC2)c(Br)c1. The minimum absolute atomic E-state index is 0.157. The van der Waals surface area contributed by atoms with Gasteiger partial charge in [0.2, 0.25) is 0 Å². The fraction of sp³-hybridized carbons (Fsp3) is 0.538. The van der Waals surface area contributed by atoms with Crippen molar-refractivity contribution in [3.63, 3.8) is 0 Å². The molecule has 0 radical (unpaired) electrons. The summed E-state index contributed by atoms with van der Waals surface area (Å²) < 4.78 is 6.35. The molecule has 1 fully saturated rings. The monoisotopic (exact) mass is 315 g/mol. The molecule has 0 aliphatic carbocycles. The van der Waals surface area contributed by atoms with Crippen molar-refractivity contribution >= 4 is 27.7 Å². The molecule has 2 N–H and O–H groups in total. The molecule has 0 atom stereocenters. The molecular formula is C13H18BrNOS. The second-order valence-corrected chi connectivity index (χ2v) is 7.40. The van der Waals surface area contributed by atoms with E-state index in [9.17, 15) is 0 Å². The first-order chi connectivity index (χ1) is 7.94. The standard InChI is InChI=1S/C13H18BrNOS/c1-13(2,15)6-9-3-4-12(11(14)5-9)17-10-7-16-8-10/h3-5,10H,6-8,15H2,1-2H3. The van der Waals surface area contributed by atoms with Crippen LogP contribution >= 0.6 is 27.7 Å². The number of nitrogens with two attached hydrogens (primary N) is 1. The Balaban J connectivity index is 2.05. The molecule has 0 aromatic heterocycles. The van der Waals surface area contributed by atoms with Crippen LogP contribution in [-0.2, 0) is 11.2 Å². The fourth-order valence-electron chi connectivity index (χ4n) is 1.74. The van der Waals surface area contributed by atoms with Crippen LogP contribution in [0.15, 0.2) is 27.6 Å². The molecule has 1 heterocycles. The Bertz CT molecular complexity index is 399. The van der Waals surface area contributed by atoms with E-state index in [2.05, 4.69) is 48.0 Å². The summed E-state index contributed by atoms with van der Waals surface area (Å²) in [6.07, 6.45) is 0.892. The predicted octanol–water partition coefficient (Wildman–Crippen LogP) is 3.22. The minimum atomic E-state index is -0.157.